The minimum atomic E-state index is 0.507. The maximum atomic E-state index is 4.66. The highest BCUT2D eigenvalue weighted by atomic mass is 15.1. The molecule has 1 heterocycles. The molecule has 118 valence electrons. The lowest BCUT2D eigenvalue weighted by atomic mass is 9.67. The Bertz CT molecular complexity index is 435. The lowest BCUT2D eigenvalue weighted by Gasteiger charge is -2.41. The molecule has 21 heavy (non-hydrogen) atoms. The summed E-state index contributed by atoms with van der Waals surface area (Å²) in [5.41, 5.74) is 0.507. The largest absolute Gasteiger partial charge is 0.370 e. The second kappa shape index (κ2) is 7.62. The topological polar surface area (TPSA) is 49.8 Å². The Morgan fingerprint density at radius 3 is 2.29 bits per heavy atom. The lowest BCUT2D eigenvalue weighted by molar-refractivity contribution is 0.145. The highest BCUT2D eigenvalue weighted by Gasteiger charge is 2.34. The zero-order valence-corrected chi connectivity index (χ0v) is 13.8. The van der Waals surface area contributed by atoms with Crippen LogP contribution < -0.4 is 10.6 Å². The maximum absolute atomic E-state index is 4.66. The zero-order valence-electron chi connectivity index (χ0n) is 13.8. The molecule has 4 heteroatoms. The van der Waals surface area contributed by atoms with Gasteiger partial charge in [0.15, 0.2) is 0 Å². The molecule has 0 aromatic carbocycles. The lowest BCUT2D eigenvalue weighted by Crippen LogP contribution is -2.36. The maximum Gasteiger partial charge on any atom is 0.133 e. The van der Waals surface area contributed by atoms with Crippen molar-refractivity contribution >= 4 is 11.6 Å². The number of nitrogens with one attached hydrogen (secondary N) is 2. The molecule has 1 aromatic rings. The summed E-state index contributed by atoms with van der Waals surface area (Å²) in [5, 5.41) is 6.94. The van der Waals surface area contributed by atoms with Crippen LogP contribution in [0.15, 0.2) is 6.07 Å². The minimum Gasteiger partial charge on any atom is -0.370 e. The summed E-state index contributed by atoms with van der Waals surface area (Å²) >= 11 is 0. The molecule has 2 rings (SSSR count). The van der Waals surface area contributed by atoms with Gasteiger partial charge in [-0.3, -0.25) is 0 Å². The minimum absolute atomic E-state index is 0.507. The number of rotatable bonds is 9. The van der Waals surface area contributed by atoms with Gasteiger partial charge in [0.1, 0.15) is 17.5 Å². The van der Waals surface area contributed by atoms with Crippen LogP contribution in [0.2, 0.25) is 0 Å². The van der Waals surface area contributed by atoms with Crippen LogP contribution in [0.1, 0.15) is 65.1 Å². The van der Waals surface area contributed by atoms with E-state index in [9.17, 15) is 0 Å². The van der Waals surface area contributed by atoms with E-state index in [0.29, 0.717) is 5.41 Å². The first-order valence-electron chi connectivity index (χ1n) is 8.57. The molecule has 0 radical (unpaired) electrons. The van der Waals surface area contributed by atoms with Crippen molar-refractivity contribution in [3.63, 3.8) is 0 Å². The van der Waals surface area contributed by atoms with Crippen molar-refractivity contribution in [3.8, 4) is 0 Å². The predicted molar refractivity (Wildman–Crippen MR) is 89.9 cm³/mol. The number of aryl methyl sites for hydroxylation is 1. The summed E-state index contributed by atoms with van der Waals surface area (Å²) in [7, 11) is 0. The summed E-state index contributed by atoms with van der Waals surface area (Å²) in [4.78, 5) is 9.26. The first kappa shape index (κ1) is 16.1. The summed E-state index contributed by atoms with van der Waals surface area (Å²) in [6.45, 7) is 8.64. The summed E-state index contributed by atoms with van der Waals surface area (Å²) in [6.07, 6.45) is 8.46. The second-order valence-electron chi connectivity index (χ2n) is 6.29. The van der Waals surface area contributed by atoms with Gasteiger partial charge in [0.2, 0.25) is 0 Å². The number of aromatic nitrogens is 2. The van der Waals surface area contributed by atoms with Crippen molar-refractivity contribution in [1.82, 2.24) is 9.97 Å². The second-order valence-corrected chi connectivity index (χ2v) is 6.29. The number of hydrogen-bond acceptors (Lipinski definition) is 4. The van der Waals surface area contributed by atoms with Gasteiger partial charge in [0, 0.05) is 25.6 Å². The van der Waals surface area contributed by atoms with Crippen molar-refractivity contribution < 1.29 is 0 Å². The van der Waals surface area contributed by atoms with Crippen LogP contribution >= 0.6 is 0 Å². The summed E-state index contributed by atoms with van der Waals surface area (Å²) < 4.78 is 0. The smallest absolute Gasteiger partial charge is 0.133 e. The van der Waals surface area contributed by atoms with E-state index < -0.39 is 0 Å². The van der Waals surface area contributed by atoms with E-state index in [1.807, 2.05) is 0 Å². The van der Waals surface area contributed by atoms with E-state index in [1.165, 1.54) is 25.7 Å². The number of hydrogen-bond donors (Lipinski definition) is 2. The van der Waals surface area contributed by atoms with Crippen molar-refractivity contribution in [2.24, 2.45) is 5.41 Å². The molecule has 1 fully saturated rings. The van der Waals surface area contributed by atoms with Crippen LogP contribution in [0.4, 0.5) is 11.6 Å². The fraction of sp³-hybridized carbons (Fsp3) is 0.765. The summed E-state index contributed by atoms with van der Waals surface area (Å²) in [5.74, 6) is 2.88. The molecule has 1 aromatic heterocycles. The van der Waals surface area contributed by atoms with E-state index >= 15 is 0 Å². The van der Waals surface area contributed by atoms with Crippen LogP contribution in [0.25, 0.3) is 0 Å². The van der Waals surface area contributed by atoms with Crippen molar-refractivity contribution in [2.75, 3.05) is 23.7 Å². The van der Waals surface area contributed by atoms with Crippen molar-refractivity contribution in [1.29, 1.82) is 0 Å². The zero-order chi connectivity index (χ0) is 15.1. The molecule has 0 atom stereocenters. The molecule has 1 saturated carbocycles. The fourth-order valence-electron chi connectivity index (χ4n) is 2.88. The first-order chi connectivity index (χ1) is 10.2. The molecular weight excluding hydrogens is 260 g/mol. The average Bonchev–Trinajstić information content (AvgIpc) is 2.45. The van der Waals surface area contributed by atoms with E-state index in [-0.39, 0.29) is 0 Å². The fourth-order valence-corrected chi connectivity index (χ4v) is 2.88. The Kier molecular flexibility index (Phi) is 5.83. The summed E-state index contributed by atoms with van der Waals surface area (Å²) in [6, 6.07) is 2.05. The normalized spacial score (nSPS) is 16.3. The van der Waals surface area contributed by atoms with Crippen LogP contribution in [0, 0.1) is 5.41 Å². The average molecular weight is 290 g/mol. The van der Waals surface area contributed by atoms with Gasteiger partial charge in [-0.05, 0) is 37.5 Å². The Labute approximate surface area is 129 Å². The molecule has 0 aliphatic heterocycles. The molecule has 0 spiro atoms. The number of anilines is 2. The van der Waals surface area contributed by atoms with Gasteiger partial charge < -0.3 is 10.6 Å². The molecule has 0 bridgehead atoms. The molecule has 2 N–H and O–H groups in total. The SMILES string of the molecule is CCCNc1cc(NCC2(CC)CCC2)nc(CCC)n1. The molecule has 4 nitrogen and oxygen atoms in total. The Morgan fingerprint density at radius 2 is 1.76 bits per heavy atom. The van der Waals surface area contributed by atoms with Gasteiger partial charge in [0.05, 0.1) is 0 Å². The Balaban J connectivity index is 2.03. The van der Waals surface area contributed by atoms with Crippen LogP contribution in [-0.2, 0) is 6.42 Å². The van der Waals surface area contributed by atoms with E-state index in [2.05, 4.69) is 47.4 Å². The van der Waals surface area contributed by atoms with Crippen LogP contribution in [0.5, 0.6) is 0 Å². The Hall–Kier alpha value is -1.32. The molecule has 1 aliphatic carbocycles. The monoisotopic (exact) mass is 290 g/mol. The standard InChI is InChI=1S/C17H30N4/c1-4-8-14-20-15(18-11-5-2)12-16(21-14)19-13-17(6-3)9-7-10-17/h12H,4-11,13H2,1-3H3,(H2,18,19,20,21). The van der Waals surface area contributed by atoms with Gasteiger partial charge in [-0.25, -0.2) is 9.97 Å². The van der Waals surface area contributed by atoms with Gasteiger partial charge in [0.25, 0.3) is 0 Å². The van der Waals surface area contributed by atoms with Gasteiger partial charge in [-0.15, -0.1) is 0 Å². The third-order valence-corrected chi connectivity index (χ3v) is 4.61. The molecule has 0 saturated heterocycles. The predicted octanol–water partition coefficient (Wildman–Crippen LogP) is 4.24. The third kappa shape index (κ3) is 4.32. The molecule has 0 unspecified atom stereocenters. The molecule has 0 amide bonds. The molecule has 1 aliphatic rings. The Morgan fingerprint density at radius 1 is 1.05 bits per heavy atom. The molecular formula is C17H30N4. The van der Waals surface area contributed by atoms with Gasteiger partial charge in [-0.2, -0.15) is 0 Å². The van der Waals surface area contributed by atoms with E-state index in [0.717, 1.165) is 49.8 Å². The highest BCUT2D eigenvalue weighted by Crippen LogP contribution is 2.43. The van der Waals surface area contributed by atoms with E-state index in [1.54, 1.807) is 0 Å². The van der Waals surface area contributed by atoms with Gasteiger partial charge >= 0.3 is 0 Å². The van der Waals surface area contributed by atoms with Crippen molar-refractivity contribution in [3.05, 3.63) is 11.9 Å². The quantitative estimate of drug-likeness (QED) is 0.714. The highest BCUT2D eigenvalue weighted by molar-refractivity contribution is 5.47. The number of nitrogens with zero attached hydrogens (tertiary/aromatic N) is 2. The van der Waals surface area contributed by atoms with Crippen LogP contribution in [-0.4, -0.2) is 23.1 Å². The van der Waals surface area contributed by atoms with Gasteiger partial charge in [-0.1, -0.05) is 27.2 Å². The first-order valence-corrected chi connectivity index (χ1v) is 8.57. The van der Waals surface area contributed by atoms with Crippen molar-refractivity contribution in [2.45, 2.75) is 65.7 Å². The van der Waals surface area contributed by atoms with Crippen LogP contribution in [0.3, 0.4) is 0 Å². The van der Waals surface area contributed by atoms with E-state index in [4.69, 9.17) is 0 Å². The third-order valence-electron chi connectivity index (χ3n) is 4.61.